The van der Waals surface area contributed by atoms with E-state index in [0.717, 1.165) is 43.4 Å². The maximum absolute atomic E-state index is 12.2. The van der Waals surface area contributed by atoms with Gasteiger partial charge in [-0.25, -0.2) is 9.78 Å². The Morgan fingerprint density at radius 3 is 2.85 bits per heavy atom. The van der Waals surface area contributed by atoms with Crippen LogP contribution in [0.4, 0.5) is 22.7 Å². The largest absolute Gasteiger partial charge is 0.462 e. The van der Waals surface area contributed by atoms with Crippen LogP contribution in [0, 0.1) is 6.92 Å². The summed E-state index contributed by atoms with van der Waals surface area (Å²) >= 11 is 1.24. The predicted molar refractivity (Wildman–Crippen MR) is 130 cm³/mol. The summed E-state index contributed by atoms with van der Waals surface area (Å²) in [5.74, 6) is 1.70. The van der Waals surface area contributed by atoms with Crippen LogP contribution in [0.3, 0.4) is 0 Å². The molecule has 1 aliphatic rings. The topological polar surface area (TPSA) is 108 Å². The second kappa shape index (κ2) is 10.5. The summed E-state index contributed by atoms with van der Waals surface area (Å²) in [6.45, 7) is 8.10. The van der Waals surface area contributed by atoms with E-state index in [1.165, 1.54) is 11.3 Å². The fraction of sp³-hybridized carbons (Fsp3) is 0.409. The van der Waals surface area contributed by atoms with Gasteiger partial charge in [0.25, 0.3) is 0 Å². The minimum atomic E-state index is -0.368. The summed E-state index contributed by atoms with van der Waals surface area (Å²) in [7, 11) is 1.99. The molecular formula is C22H28N8O2S. The number of anilines is 4. The first-order valence-corrected chi connectivity index (χ1v) is 11.7. The quantitative estimate of drug-likeness (QED) is 0.479. The van der Waals surface area contributed by atoms with Crippen LogP contribution in [0.15, 0.2) is 30.6 Å². The highest BCUT2D eigenvalue weighted by Gasteiger charge is 2.19. The van der Waals surface area contributed by atoms with Crippen molar-refractivity contribution in [1.29, 1.82) is 0 Å². The van der Waals surface area contributed by atoms with Crippen molar-refractivity contribution < 1.29 is 9.53 Å². The zero-order valence-electron chi connectivity index (χ0n) is 19.0. The Morgan fingerprint density at radius 1 is 1.30 bits per heavy atom. The van der Waals surface area contributed by atoms with E-state index in [4.69, 9.17) is 14.7 Å². The molecule has 11 heteroatoms. The number of nitrogens with one attached hydrogen (secondary N) is 2. The Bertz CT molecular complexity index is 1090. The van der Waals surface area contributed by atoms with Crippen LogP contribution in [0.1, 0.15) is 27.9 Å². The van der Waals surface area contributed by atoms with Crippen molar-refractivity contribution in [2.75, 3.05) is 55.0 Å². The van der Waals surface area contributed by atoms with Gasteiger partial charge in [0.2, 0.25) is 5.95 Å². The number of aryl methyl sites for hydroxylation is 1. The maximum Gasteiger partial charge on any atom is 0.350 e. The molecule has 0 aromatic carbocycles. The highest BCUT2D eigenvalue weighted by molar-refractivity contribution is 7.17. The predicted octanol–water partition coefficient (Wildman–Crippen LogP) is 2.60. The molecule has 0 bridgehead atoms. The lowest BCUT2D eigenvalue weighted by Gasteiger charge is -2.29. The Hall–Kier alpha value is -3.31. The van der Waals surface area contributed by atoms with E-state index < -0.39 is 0 Å². The van der Waals surface area contributed by atoms with E-state index in [-0.39, 0.29) is 5.97 Å². The Labute approximate surface area is 197 Å². The molecule has 0 saturated carbocycles. The van der Waals surface area contributed by atoms with Crippen molar-refractivity contribution >= 4 is 40.0 Å². The molecule has 0 atom stereocenters. The lowest BCUT2D eigenvalue weighted by atomic mass is 10.2. The molecule has 4 heterocycles. The summed E-state index contributed by atoms with van der Waals surface area (Å²) in [4.78, 5) is 35.1. The van der Waals surface area contributed by atoms with Crippen molar-refractivity contribution in [3.8, 4) is 0 Å². The first-order valence-electron chi connectivity index (χ1n) is 10.9. The molecule has 1 fully saturated rings. The molecule has 10 nitrogen and oxygen atoms in total. The standard InChI is InChI=1S/C22H28N8O2S/c1-4-32-20(31)19-15(2)25-22(33-19)28-21-26-17(29(3)14-16-6-5-7-24-13-16)12-18(27-21)30-10-8-23-9-11-30/h5-7,12-13,23H,4,8-11,14H2,1-3H3,(H,25,26,27,28). The van der Waals surface area contributed by atoms with E-state index in [2.05, 4.69) is 30.4 Å². The lowest BCUT2D eigenvalue weighted by Crippen LogP contribution is -2.44. The van der Waals surface area contributed by atoms with Crippen molar-refractivity contribution in [2.45, 2.75) is 20.4 Å². The van der Waals surface area contributed by atoms with Gasteiger partial charge in [-0.15, -0.1) is 0 Å². The van der Waals surface area contributed by atoms with E-state index >= 15 is 0 Å². The lowest BCUT2D eigenvalue weighted by molar-refractivity contribution is 0.0531. The molecule has 3 aromatic heterocycles. The Kier molecular flexibility index (Phi) is 7.30. The van der Waals surface area contributed by atoms with Gasteiger partial charge in [0, 0.05) is 58.2 Å². The fourth-order valence-corrected chi connectivity index (χ4v) is 4.36. The molecule has 0 spiro atoms. The molecule has 2 N–H and O–H groups in total. The van der Waals surface area contributed by atoms with Gasteiger partial charge in [0.15, 0.2) is 5.13 Å². The number of esters is 1. The molecule has 0 unspecified atom stereocenters. The molecule has 0 amide bonds. The van der Waals surface area contributed by atoms with Crippen LogP contribution in [0.5, 0.6) is 0 Å². The molecule has 3 aromatic rings. The number of carbonyl (C=O) groups excluding carboxylic acids is 1. The number of ether oxygens (including phenoxy) is 1. The second-order valence-corrected chi connectivity index (χ2v) is 8.64. The van der Waals surface area contributed by atoms with Crippen molar-refractivity contribution in [3.63, 3.8) is 0 Å². The zero-order valence-corrected chi connectivity index (χ0v) is 19.9. The van der Waals surface area contributed by atoms with E-state index in [9.17, 15) is 4.79 Å². The van der Waals surface area contributed by atoms with Gasteiger partial charge in [0.1, 0.15) is 16.5 Å². The van der Waals surface area contributed by atoms with Crippen LogP contribution in [-0.2, 0) is 11.3 Å². The molecule has 0 radical (unpaired) electrons. The molecule has 0 aliphatic carbocycles. The van der Waals surface area contributed by atoms with E-state index in [1.54, 1.807) is 20.0 Å². The number of rotatable bonds is 8. The summed E-state index contributed by atoms with van der Waals surface area (Å²) in [6, 6.07) is 5.97. The van der Waals surface area contributed by atoms with Gasteiger partial charge in [-0.2, -0.15) is 9.97 Å². The number of aromatic nitrogens is 4. The number of pyridine rings is 1. The Balaban J connectivity index is 1.61. The number of hydrogen-bond acceptors (Lipinski definition) is 11. The monoisotopic (exact) mass is 468 g/mol. The van der Waals surface area contributed by atoms with Crippen LogP contribution >= 0.6 is 11.3 Å². The molecule has 174 valence electrons. The average Bonchev–Trinajstić information content (AvgIpc) is 3.20. The number of hydrogen-bond donors (Lipinski definition) is 2. The van der Waals surface area contributed by atoms with Crippen LogP contribution < -0.4 is 20.4 Å². The van der Waals surface area contributed by atoms with E-state index in [1.807, 2.05) is 31.4 Å². The highest BCUT2D eigenvalue weighted by atomic mass is 32.1. The third kappa shape index (κ3) is 5.74. The maximum atomic E-state index is 12.2. The molecule has 4 rings (SSSR count). The van der Waals surface area contributed by atoms with Crippen LogP contribution in [0.2, 0.25) is 0 Å². The minimum Gasteiger partial charge on any atom is -0.462 e. The number of piperazine rings is 1. The molecule has 33 heavy (non-hydrogen) atoms. The van der Waals surface area contributed by atoms with Crippen molar-refractivity contribution in [2.24, 2.45) is 0 Å². The average molecular weight is 469 g/mol. The van der Waals surface area contributed by atoms with Gasteiger partial charge < -0.3 is 19.9 Å². The van der Waals surface area contributed by atoms with Gasteiger partial charge >= 0.3 is 5.97 Å². The number of thiazole rings is 1. The smallest absolute Gasteiger partial charge is 0.350 e. The number of nitrogens with zero attached hydrogens (tertiary/aromatic N) is 6. The zero-order chi connectivity index (χ0) is 23.2. The summed E-state index contributed by atoms with van der Waals surface area (Å²) in [6.07, 6.45) is 3.61. The second-order valence-electron chi connectivity index (χ2n) is 7.64. The van der Waals surface area contributed by atoms with Crippen LogP contribution in [-0.4, -0.2) is 65.7 Å². The van der Waals surface area contributed by atoms with Crippen LogP contribution in [0.25, 0.3) is 0 Å². The summed E-state index contributed by atoms with van der Waals surface area (Å²) in [5.41, 5.74) is 1.71. The van der Waals surface area contributed by atoms with Gasteiger partial charge in [-0.1, -0.05) is 17.4 Å². The normalized spacial score (nSPS) is 13.6. The fourth-order valence-electron chi connectivity index (χ4n) is 3.51. The SMILES string of the molecule is CCOC(=O)c1sc(Nc2nc(N(C)Cc3cccnc3)cc(N3CCNCC3)n2)nc1C. The first-order chi connectivity index (χ1) is 16.0. The third-order valence-electron chi connectivity index (χ3n) is 5.15. The van der Waals surface area contributed by atoms with Gasteiger partial charge in [0.05, 0.1) is 12.3 Å². The Morgan fingerprint density at radius 2 is 2.12 bits per heavy atom. The first kappa shape index (κ1) is 22.9. The van der Waals surface area contributed by atoms with Gasteiger partial charge in [-0.3, -0.25) is 10.3 Å². The summed E-state index contributed by atoms with van der Waals surface area (Å²) < 4.78 is 5.13. The minimum absolute atomic E-state index is 0.321. The molecular weight excluding hydrogens is 440 g/mol. The van der Waals surface area contributed by atoms with E-state index in [0.29, 0.717) is 34.8 Å². The van der Waals surface area contributed by atoms with Crippen molar-refractivity contribution in [3.05, 3.63) is 46.7 Å². The molecule has 1 saturated heterocycles. The highest BCUT2D eigenvalue weighted by Crippen LogP contribution is 2.28. The third-order valence-corrected chi connectivity index (χ3v) is 6.20. The van der Waals surface area contributed by atoms with Crippen molar-refractivity contribution in [1.82, 2.24) is 25.3 Å². The summed E-state index contributed by atoms with van der Waals surface area (Å²) in [5, 5.41) is 7.12. The van der Waals surface area contributed by atoms with Gasteiger partial charge in [-0.05, 0) is 25.5 Å². The molecule has 1 aliphatic heterocycles. The number of carbonyl (C=O) groups is 1.